The standard InChI is InChI=1S/C49H32O/c1-49(2)41-28-30(26-27-39(41)46-47(49)38-22-10-9-21-37(38)45-40-23-11-12-25-42(40)50-48(45)46)43-33-17-5-7-19-35(33)44(36-20-8-6-18-34(36)43)32-24-13-15-29-14-3-4-16-31(29)32/h3-28H,1-2H3. The molecule has 0 saturated heterocycles. The molecule has 9 aromatic carbocycles. The summed E-state index contributed by atoms with van der Waals surface area (Å²) in [5, 5.41) is 12.6. The molecule has 1 aromatic heterocycles. The van der Waals surface area contributed by atoms with E-state index in [0.717, 1.165) is 11.2 Å². The maximum atomic E-state index is 6.77. The summed E-state index contributed by atoms with van der Waals surface area (Å²) >= 11 is 0. The molecule has 0 aliphatic heterocycles. The second-order valence-electron chi connectivity index (χ2n) is 14.4. The number of hydrogen-bond donors (Lipinski definition) is 0. The first-order valence-electron chi connectivity index (χ1n) is 17.5. The van der Waals surface area contributed by atoms with E-state index < -0.39 is 0 Å². The first-order chi connectivity index (χ1) is 24.6. The van der Waals surface area contributed by atoms with E-state index in [9.17, 15) is 0 Å². The molecule has 1 aliphatic rings. The highest BCUT2D eigenvalue weighted by Gasteiger charge is 2.40. The van der Waals surface area contributed by atoms with Crippen molar-refractivity contribution < 1.29 is 4.42 Å². The maximum Gasteiger partial charge on any atom is 0.144 e. The van der Waals surface area contributed by atoms with Crippen LogP contribution in [0, 0.1) is 0 Å². The fourth-order valence-corrected chi connectivity index (χ4v) is 9.30. The lowest BCUT2D eigenvalue weighted by atomic mass is 9.78. The Morgan fingerprint density at radius 3 is 1.70 bits per heavy atom. The zero-order valence-corrected chi connectivity index (χ0v) is 27.9. The molecule has 0 N–H and O–H groups in total. The van der Waals surface area contributed by atoms with E-state index >= 15 is 0 Å². The molecule has 11 rings (SSSR count). The van der Waals surface area contributed by atoms with Gasteiger partial charge in [0.1, 0.15) is 11.2 Å². The molecule has 0 bridgehead atoms. The quantitative estimate of drug-likeness (QED) is 0.172. The third-order valence-electron chi connectivity index (χ3n) is 11.4. The number of furan rings is 1. The van der Waals surface area contributed by atoms with Crippen LogP contribution in [0.4, 0.5) is 0 Å². The van der Waals surface area contributed by atoms with Gasteiger partial charge in [-0.25, -0.2) is 0 Å². The van der Waals surface area contributed by atoms with Crippen LogP contribution in [0.2, 0.25) is 0 Å². The van der Waals surface area contributed by atoms with Gasteiger partial charge in [0.25, 0.3) is 0 Å². The maximum absolute atomic E-state index is 6.77. The van der Waals surface area contributed by atoms with Gasteiger partial charge in [0.05, 0.1) is 0 Å². The number of rotatable bonds is 2. The van der Waals surface area contributed by atoms with Crippen molar-refractivity contribution in [3.63, 3.8) is 0 Å². The first kappa shape index (κ1) is 27.7. The Morgan fingerprint density at radius 1 is 0.420 bits per heavy atom. The minimum Gasteiger partial charge on any atom is -0.455 e. The molecule has 0 amide bonds. The van der Waals surface area contributed by atoms with Crippen molar-refractivity contribution in [2.75, 3.05) is 0 Å². The highest BCUT2D eigenvalue weighted by Crippen LogP contribution is 2.57. The molecule has 50 heavy (non-hydrogen) atoms. The lowest BCUT2D eigenvalue weighted by molar-refractivity contribution is 0.658. The summed E-state index contributed by atoms with van der Waals surface area (Å²) in [5.74, 6) is 0. The molecule has 1 aliphatic carbocycles. The molecule has 1 heteroatoms. The molecule has 234 valence electrons. The van der Waals surface area contributed by atoms with Crippen LogP contribution < -0.4 is 0 Å². The number of hydrogen-bond acceptors (Lipinski definition) is 1. The Bertz CT molecular complexity index is 3000. The third-order valence-corrected chi connectivity index (χ3v) is 11.4. The summed E-state index contributed by atoms with van der Waals surface area (Å²) in [5.41, 5.74) is 12.0. The smallest absolute Gasteiger partial charge is 0.144 e. The molecule has 1 nitrogen and oxygen atoms in total. The van der Waals surface area contributed by atoms with E-state index in [4.69, 9.17) is 4.42 Å². The number of para-hydroxylation sites is 1. The first-order valence-corrected chi connectivity index (χ1v) is 17.5. The van der Waals surface area contributed by atoms with E-state index in [-0.39, 0.29) is 5.41 Å². The normalized spacial score (nSPS) is 13.6. The van der Waals surface area contributed by atoms with E-state index in [2.05, 4.69) is 172 Å². The van der Waals surface area contributed by atoms with Gasteiger partial charge in [0.15, 0.2) is 0 Å². The largest absolute Gasteiger partial charge is 0.455 e. The van der Waals surface area contributed by atoms with Crippen LogP contribution in [-0.4, -0.2) is 0 Å². The Labute approximate surface area is 290 Å². The van der Waals surface area contributed by atoms with Crippen LogP contribution >= 0.6 is 0 Å². The SMILES string of the molecule is CC1(C)c2cc(-c3c4ccccc4c(-c4cccc5ccccc45)c4ccccc34)ccc2-c2c1c1ccccc1c1c2oc2ccccc21. The van der Waals surface area contributed by atoms with Crippen molar-refractivity contribution in [2.24, 2.45) is 0 Å². The topological polar surface area (TPSA) is 13.1 Å². The predicted octanol–water partition coefficient (Wildman–Crippen LogP) is 13.8. The highest BCUT2D eigenvalue weighted by molar-refractivity contribution is 6.26. The predicted molar refractivity (Wildman–Crippen MR) is 212 cm³/mol. The zero-order chi connectivity index (χ0) is 33.1. The summed E-state index contributed by atoms with van der Waals surface area (Å²) < 4.78 is 6.77. The van der Waals surface area contributed by atoms with Gasteiger partial charge in [-0.05, 0) is 94.2 Å². The van der Waals surface area contributed by atoms with Gasteiger partial charge in [-0.3, -0.25) is 0 Å². The molecule has 0 unspecified atom stereocenters. The van der Waals surface area contributed by atoms with E-state index in [1.165, 1.54) is 98.4 Å². The van der Waals surface area contributed by atoms with Crippen LogP contribution in [0.1, 0.15) is 25.0 Å². The van der Waals surface area contributed by atoms with Crippen molar-refractivity contribution >= 4 is 65.0 Å². The Kier molecular flexibility index (Phi) is 5.51. The lowest BCUT2D eigenvalue weighted by Crippen LogP contribution is -2.15. The van der Waals surface area contributed by atoms with E-state index in [0.29, 0.717) is 0 Å². The summed E-state index contributed by atoms with van der Waals surface area (Å²) in [4.78, 5) is 0. The molecule has 0 saturated carbocycles. The monoisotopic (exact) mass is 636 g/mol. The molecule has 0 fully saturated rings. The fourth-order valence-electron chi connectivity index (χ4n) is 9.30. The van der Waals surface area contributed by atoms with Crippen molar-refractivity contribution in [1.29, 1.82) is 0 Å². The molecule has 0 spiro atoms. The molecule has 1 heterocycles. The van der Waals surface area contributed by atoms with Gasteiger partial charge in [-0.15, -0.1) is 0 Å². The molecule has 0 radical (unpaired) electrons. The average Bonchev–Trinajstić information content (AvgIpc) is 3.66. The Balaban J connectivity index is 1.22. The Hall–Kier alpha value is -6.18. The molecular formula is C49H32O. The molecule has 10 aromatic rings. The van der Waals surface area contributed by atoms with Crippen molar-refractivity contribution in [2.45, 2.75) is 19.3 Å². The average molecular weight is 637 g/mol. The van der Waals surface area contributed by atoms with Crippen molar-refractivity contribution in [1.82, 2.24) is 0 Å². The van der Waals surface area contributed by atoms with Gasteiger partial charge in [-0.1, -0.05) is 159 Å². The number of benzene rings is 9. The summed E-state index contributed by atoms with van der Waals surface area (Å²) in [7, 11) is 0. The fraction of sp³-hybridized carbons (Fsp3) is 0.0612. The van der Waals surface area contributed by atoms with Gasteiger partial charge < -0.3 is 4.42 Å². The van der Waals surface area contributed by atoms with Crippen molar-refractivity contribution in [3.05, 3.63) is 169 Å². The van der Waals surface area contributed by atoms with Crippen LogP contribution in [0.15, 0.2) is 162 Å². The second kappa shape index (κ2) is 9.94. The van der Waals surface area contributed by atoms with Gasteiger partial charge in [-0.2, -0.15) is 0 Å². The molecule has 0 atom stereocenters. The highest BCUT2D eigenvalue weighted by atomic mass is 16.3. The summed E-state index contributed by atoms with van der Waals surface area (Å²) in [6, 6.07) is 58.0. The van der Waals surface area contributed by atoms with Gasteiger partial charge in [0.2, 0.25) is 0 Å². The van der Waals surface area contributed by atoms with E-state index in [1.807, 2.05) is 0 Å². The van der Waals surface area contributed by atoms with Crippen LogP contribution in [0.3, 0.4) is 0 Å². The van der Waals surface area contributed by atoms with Gasteiger partial charge in [0, 0.05) is 21.8 Å². The minimum absolute atomic E-state index is 0.234. The van der Waals surface area contributed by atoms with Crippen LogP contribution in [0.5, 0.6) is 0 Å². The van der Waals surface area contributed by atoms with Crippen LogP contribution in [-0.2, 0) is 5.41 Å². The van der Waals surface area contributed by atoms with Gasteiger partial charge >= 0.3 is 0 Å². The summed E-state index contributed by atoms with van der Waals surface area (Å²) in [6.45, 7) is 4.78. The van der Waals surface area contributed by atoms with Crippen molar-refractivity contribution in [3.8, 4) is 33.4 Å². The van der Waals surface area contributed by atoms with E-state index in [1.54, 1.807) is 0 Å². The molecular weight excluding hydrogens is 605 g/mol. The third kappa shape index (κ3) is 3.56. The number of fused-ring (bicyclic) bond motifs is 13. The lowest BCUT2D eigenvalue weighted by Gasteiger charge is -2.24. The summed E-state index contributed by atoms with van der Waals surface area (Å²) in [6.07, 6.45) is 0. The zero-order valence-electron chi connectivity index (χ0n) is 27.9. The van der Waals surface area contributed by atoms with Crippen LogP contribution in [0.25, 0.3) is 98.4 Å². The Morgan fingerprint density at radius 2 is 0.980 bits per heavy atom. The second-order valence-corrected chi connectivity index (χ2v) is 14.4. The minimum atomic E-state index is -0.234.